The number of carbonyl (C=O) groups excluding carboxylic acids is 1. The van der Waals surface area contributed by atoms with E-state index in [1.54, 1.807) is 24.4 Å². The molecule has 0 bridgehead atoms. The van der Waals surface area contributed by atoms with Crippen molar-refractivity contribution in [3.63, 3.8) is 0 Å². The van der Waals surface area contributed by atoms with Gasteiger partial charge in [-0.2, -0.15) is 0 Å². The van der Waals surface area contributed by atoms with Gasteiger partial charge in [0.1, 0.15) is 17.1 Å². The zero-order valence-electron chi connectivity index (χ0n) is 8.56. The van der Waals surface area contributed by atoms with Gasteiger partial charge in [-0.15, -0.1) is 0 Å². The van der Waals surface area contributed by atoms with E-state index in [1.165, 1.54) is 23.9 Å². The van der Waals surface area contributed by atoms with Gasteiger partial charge in [0.05, 0.1) is 5.02 Å². The maximum atomic E-state index is 13.2. The molecule has 1 aromatic heterocycles. The molecule has 2 rings (SSSR count). The number of nitrogens with zero attached hydrogens (tertiary/aromatic N) is 1. The van der Waals surface area contributed by atoms with Crippen LogP contribution in [0.3, 0.4) is 0 Å². The molecule has 5 heteroatoms. The normalized spacial score (nSPS) is 10.2. The Morgan fingerprint density at radius 1 is 1.35 bits per heavy atom. The highest BCUT2D eigenvalue weighted by Gasteiger charge is 2.06. The summed E-state index contributed by atoms with van der Waals surface area (Å²) in [5.41, 5.74) is 0.291. The van der Waals surface area contributed by atoms with Crippen molar-refractivity contribution in [1.29, 1.82) is 0 Å². The maximum absolute atomic E-state index is 13.2. The summed E-state index contributed by atoms with van der Waals surface area (Å²) in [5.74, 6) is -0.454. The summed E-state index contributed by atoms with van der Waals surface area (Å²) < 4.78 is 13.2. The monoisotopic (exact) mass is 267 g/mol. The summed E-state index contributed by atoms with van der Waals surface area (Å²) in [6.07, 6.45) is 2.21. The molecule has 17 heavy (non-hydrogen) atoms. The van der Waals surface area contributed by atoms with Crippen LogP contribution in [0.1, 0.15) is 10.4 Å². The van der Waals surface area contributed by atoms with Crippen molar-refractivity contribution in [2.24, 2.45) is 0 Å². The first-order chi connectivity index (χ1) is 8.19. The lowest BCUT2D eigenvalue weighted by atomic mass is 10.2. The Morgan fingerprint density at radius 3 is 2.88 bits per heavy atom. The number of aromatic nitrogens is 1. The van der Waals surface area contributed by atoms with Crippen molar-refractivity contribution in [1.82, 2.24) is 4.98 Å². The summed E-state index contributed by atoms with van der Waals surface area (Å²) in [6.45, 7) is 0. The predicted octanol–water partition coefficient (Wildman–Crippen LogP) is 3.84. The third-order valence-corrected chi connectivity index (χ3v) is 3.38. The second-order valence-corrected chi connectivity index (χ2v) is 4.70. The molecule has 0 unspecified atom stereocenters. The molecule has 0 N–H and O–H groups in total. The fraction of sp³-hybridized carbons (Fsp3) is 0. The highest BCUT2D eigenvalue weighted by Crippen LogP contribution is 2.31. The second kappa shape index (κ2) is 5.29. The first kappa shape index (κ1) is 12.1. The number of benzene rings is 1. The minimum Gasteiger partial charge on any atom is -0.298 e. The summed E-state index contributed by atoms with van der Waals surface area (Å²) >= 11 is 7.16. The number of halogens is 2. The molecule has 0 spiro atoms. The van der Waals surface area contributed by atoms with Crippen LogP contribution in [0.2, 0.25) is 5.02 Å². The lowest BCUT2D eigenvalue weighted by Gasteiger charge is -2.03. The van der Waals surface area contributed by atoms with Gasteiger partial charge in [-0.3, -0.25) is 4.79 Å². The molecule has 0 fully saturated rings. The average molecular weight is 268 g/mol. The molecule has 2 nitrogen and oxygen atoms in total. The van der Waals surface area contributed by atoms with Gasteiger partial charge in [-0.25, -0.2) is 9.37 Å². The molecule has 0 atom stereocenters. The SMILES string of the molecule is O=Cc1cc(F)cc(Sc2ncccc2Cl)c1. The number of rotatable bonds is 3. The third-order valence-electron chi connectivity index (χ3n) is 1.97. The lowest BCUT2D eigenvalue weighted by molar-refractivity contribution is 0.112. The van der Waals surface area contributed by atoms with E-state index in [2.05, 4.69) is 4.98 Å². The van der Waals surface area contributed by atoms with E-state index in [0.717, 1.165) is 0 Å². The first-order valence-electron chi connectivity index (χ1n) is 4.73. The van der Waals surface area contributed by atoms with Crippen molar-refractivity contribution in [2.75, 3.05) is 0 Å². The Morgan fingerprint density at radius 2 is 2.18 bits per heavy atom. The van der Waals surface area contributed by atoms with E-state index >= 15 is 0 Å². The van der Waals surface area contributed by atoms with Crippen LogP contribution >= 0.6 is 23.4 Å². The van der Waals surface area contributed by atoms with Crippen LogP contribution < -0.4 is 0 Å². The molecule has 0 saturated carbocycles. The quantitative estimate of drug-likeness (QED) is 0.792. The van der Waals surface area contributed by atoms with Gasteiger partial charge in [0.15, 0.2) is 0 Å². The highest BCUT2D eigenvalue weighted by atomic mass is 35.5. The average Bonchev–Trinajstić information content (AvgIpc) is 2.31. The van der Waals surface area contributed by atoms with E-state index in [1.807, 2.05) is 0 Å². The molecule has 1 heterocycles. The van der Waals surface area contributed by atoms with Gasteiger partial charge in [0.2, 0.25) is 0 Å². The van der Waals surface area contributed by atoms with Crippen molar-refractivity contribution in [2.45, 2.75) is 9.92 Å². The minimum atomic E-state index is -0.454. The number of aldehydes is 1. The molecule has 2 aromatic rings. The standard InChI is InChI=1S/C12H7ClFNOS/c13-11-2-1-3-15-12(11)17-10-5-8(7-16)4-9(14)6-10/h1-7H. The van der Waals surface area contributed by atoms with Crippen LogP contribution in [0.15, 0.2) is 46.5 Å². The largest absolute Gasteiger partial charge is 0.298 e. The molecule has 0 aliphatic rings. The summed E-state index contributed by atoms with van der Waals surface area (Å²) in [7, 11) is 0. The topological polar surface area (TPSA) is 30.0 Å². The first-order valence-corrected chi connectivity index (χ1v) is 5.92. The van der Waals surface area contributed by atoms with Gasteiger partial charge in [0, 0.05) is 16.7 Å². The summed E-state index contributed by atoms with van der Waals surface area (Å²) in [4.78, 5) is 15.3. The fourth-order valence-corrected chi connectivity index (χ4v) is 2.38. The molecule has 0 aliphatic heterocycles. The summed E-state index contributed by atoms with van der Waals surface area (Å²) in [5, 5.41) is 1.08. The highest BCUT2D eigenvalue weighted by molar-refractivity contribution is 7.99. The predicted molar refractivity (Wildman–Crippen MR) is 65.2 cm³/mol. The van der Waals surface area contributed by atoms with Crippen LogP contribution in [0.5, 0.6) is 0 Å². The Kier molecular flexibility index (Phi) is 3.76. The van der Waals surface area contributed by atoms with E-state index in [-0.39, 0.29) is 0 Å². The Bertz CT molecular complexity index is 562. The van der Waals surface area contributed by atoms with Crippen molar-refractivity contribution >= 4 is 29.6 Å². The van der Waals surface area contributed by atoms with Crippen molar-refractivity contribution in [3.05, 3.63) is 52.9 Å². The van der Waals surface area contributed by atoms with Gasteiger partial charge in [-0.1, -0.05) is 23.4 Å². The Hall–Kier alpha value is -1.39. The van der Waals surface area contributed by atoms with Gasteiger partial charge in [0.25, 0.3) is 0 Å². The van der Waals surface area contributed by atoms with Crippen LogP contribution in [0, 0.1) is 5.82 Å². The van der Waals surface area contributed by atoms with Crippen LogP contribution in [0.25, 0.3) is 0 Å². The second-order valence-electron chi connectivity index (χ2n) is 3.23. The number of hydrogen-bond donors (Lipinski definition) is 0. The Balaban J connectivity index is 2.33. The van der Waals surface area contributed by atoms with E-state index in [9.17, 15) is 9.18 Å². The van der Waals surface area contributed by atoms with E-state index in [0.29, 0.717) is 26.8 Å². The zero-order valence-corrected chi connectivity index (χ0v) is 10.1. The molecule has 86 valence electrons. The zero-order chi connectivity index (χ0) is 12.3. The molecule has 0 saturated heterocycles. The van der Waals surface area contributed by atoms with Gasteiger partial charge < -0.3 is 0 Å². The van der Waals surface area contributed by atoms with Crippen molar-refractivity contribution < 1.29 is 9.18 Å². The van der Waals surface area contributed by atoms with Crippen LogP contribution in [-0.4, -0.2) is 11.3 Å². The van der Waals surface area contributed by atoms with Gasteiger partial charge >= 0.3 is 0 Å². The van der Waals surface area contributed by atoms with Gasteiger partial charge in [-0.05, 0) is 30.3 Å². The third kappa shape index (κ3) is 3.05. The fourth-order valence-electron chi connectivity index (χ4n) is 1.27. The summed E-state index contributed by atoms with van der Waals surface area (Å²) in [6, 6.07) is 7.52. The lowest BCUT2D eigenvalue weighted by Crippen LogP contribution is -1.86. The molecule has 0 aliphatic carbocycles. The van der Waals surface area contributed by atoms with Crippen LogP contribution in [0.4, 0.5) is 4.39 Å². The molecule has 1 aromatic carbocycles. The molecule has 0 amide bonds. The maximum Gasteiger partial charge on any atom is 0.150 e. The number of carbonyl (C=O) groups is 1. The van der Waals surface area contributed by atoms with E-state index < -0.39 is 5.82 Å². The Labute approximate surface area is 107 Å². The van der Waals surface area contributed by atoms with E-state index in [4.69, 9.17) is 11.6 Å². The van der Waals surface area contributed by atoms with Crippen molar-refractivity contribution in [3.8, 4) is 0 Å². The minimum absolute atomic E-state index is 0.291. The van der Waals surface area contributed by atoms with Crippen LogP contribution in [-0.2, 0) is 0 Å². The molecular formula is C12H7ClFNOS. The molecular weight excluding hydrogens is 261 g/mol. The number of pyridine rings is 1. The number of hydrogen-bond acceptors (Lipinski definition) is 3. The molecule has 0 radical (unpaired) electrons. The smallest absolute Gasteiger partial charge is 0.150 e.